The molecule has 0 aliphatic carbocycles. The van der Waals surface area contributed by atoms with Crippen LogP contribution in [0.4, 0.5) is 11.6 Å². The smallest absolute Gasteiger partial charge is 0.153 e. The van der Waals surface area contributed by atoms with Crippen molar-refractivity contribution >= 4 is 23.2 Å². The SMILES string of the molecule is COC1(C)CCCN(c2ncnc(N)c2Cl)C1. The number of halogens is 1. The number of hydrogen-bond donors (Lipinski definition) is 1. The first-order chi connectivity index (χ1) is 8.06. The predicted molar refractivity (Wildman–Crippen MR) is 68.3 cm³/mol. The zero-order chi connectivity index (χ0) is 12.5. The van der Waals surface area contributed by atoms with Gasteiger partial charge in [0.25, 0.3) is 0 Å². The Kier molecular flexibility index (Phi) is 3.40. The Bertz CT molecular complexity index is 414. The van der Waals surface area contributed by atoms with Crippen molar-refractivity contribution in [2.75, 3.05) is 30.8 Å². The number of nitrogens with zero attached hydrogens (tertiary/aromatic N) is 3. The summed E-state index contributed by atoms with van der Waals surface area (Å²) in [5, 5.41) is 0.424. The number of piperidine rings is 1. The van der Waals surface area contributed by atoms with Crippen LogP contribution in [0, 0.1) is 0 Å². The minimum Gasteiger partial charge on any atom is -0.382 e. The Morgan fingerprint density at radius 2 is 2.29 bits per heavy atom. The maximum Gasteiger partial charge on any atom is 0.153 e. The van der Waals surface area contributed by atoms with Gasteiger partial charge in [-0.25, -0.2) is 9.97 Å². The number of aromatic nitrogens is 2. The summed E-state index contributed by atoms with van der Waals surface area (Å²) in [5.74, 6) is 1.02. The van der Waals surface area contributed by atoms with Gasteiger partial charge >= 0.3 is 0 Å². The molecule has 1 saturated heterocycles. The fraction of sp³-hybridized carbons (Fsp3) is 0.636. The average molecular weight is 257 g/mol. The molecule has 1 aromatic rings. The van der Waals surface area contributed by atoms with Crippen molar-refractivity contribution in [3.05, 3.63) is 11.3 Å². The molecule has 0 spiro atoms. The number of anilines is 2. The third-order valence-corrected chi connectivity index (χ3v) is 3.61. The Labute approximate surface area is 106 Å². The number of hydrogen-bond acceptors (Lipinski definition) is 5. The van der Waals surface area contributed by atoms with Crippen molar-refractivity contribution in [1.29, 1.82) is 0 Å². The van der Waals surface area contributed by atoms with Gasteiger partial charge in [-0.1, -0.05) is 11.6 Å². The van der Waals surface area contributed by atoms with E-state index in [0.717, 1.165) is 25.9 Å². The second-order valence-electron chi connectivity index (χ2n) is 4.58. The highest BCUT2D eigenvalue weighted by atomic mass is 35.5. The van der Waals surface area contributed by atoms with E-state index in [1.165, 1.54) is 6.33 Å². The number of methoxy groups -OCH3 is 1. The van der Waals surface area contributed by atoms with Crippen LogP contribution < -0.4 is 10.6 Å². The molecule has 2 rings (SSSR count). The highest BCUT2D eigenvalue weighted by Crippen LogP contribution is 2.32. The maximum absolute atomic E-state index is 6.13. The number of nitrogen functional groups attached to an aromatic ring is 1. The highest BCUT2D eigenvalue weighted by molar-refractivity contribution is 6.35. The minimum atomic E-state index is -0.151. The standard InChI is InChI=1S/C11H17ClN4O/c1-11(17-2)4-3-5-16(6-11)10-8(12)9(13)14-7-15-10/h7H,3-6H2,1-2H3,(H2,13,14,15). The quantitative estimate of drug-likeness (QED) is 0.873. The molecule has 0 saturated carbocycles. The van der Waals surface area contributed by atoms with E-state index >= 15 is 0 Å². The zero-order valence-corrected chi connectivity index (χ0v) is 10.9. The molecule has 1 fully saturated rings. The van der Waals surface area contributed by atoms with E-state index in [1.54, 1.807) is 7.11 Å². The lowest BCUT2D eigenvalue weighted by atomic mass is 9.95. The van der Waals surface area contributed by atoms with Crippen molar-refractivity contribution < 1.29 is 4.74 Å². The first-order valence-corrected chi connectivity index (χ1v) is 5.99. The minimum absolute atomic E-state index is 0.151. The second kappa shape index (κ2) is 4.66. The van der Waals surface area contributed by atoms with Crippen molar-refractivity contribution in [2.24, 2.45) is 0 Å². The van der Waals surface area contributed by atoms with E-state index in [9.17, 15) is 0 Å². The lowest BCUT2D eigenvalue weighted by molar-refractivity contribution is -0.00481. The first kappa shape index (κ1) is 12.4. The molecule has 0 amide bonds. The van der Waals surface area contributed by atoms with Crippen LogP contribution in [0.15, 0.2) is 6.33 Å². The van der Waals surface area contributed by atoms with Gasteiger partial charge in [0, 0.05) is 20.2 Å². The molecule has 1 aromatic heterocycles. The normalized spacial score (nSPS) is 25.0. The Morgan fingerprint density at radius 3 is 3.00 bits per heavy atom. The predicted octanol–water partition coefficient (Wildman–Crippen LogP) is 1.72. The molecule has 0 bridgehead atoms. The van der Waals surface area contributed by atoms with Gasteiger partial charge in [-0.2, -0.15) is 0 Å². The van der Waals surface area contributed by atoms with E-state index in [2.05, 4.69) is 21.8 Å². The van der Waals surface area contributed by atoms with Crippen molar-refractivity contribution in [3.8, 4) is 0 Å². The van der Waals surface area contributed by atoms with Gasteiger partial charge in [0.05, 0.1) is 5.60 Å². The molecule has 1 aliphatic rings. The summed E-state index contributed by atoms with van der Waals surface area (Å²) in [6.07, 6.45) is 3.53. The van der Waals surface area contributed by atoms with Crippen LogP contribution in [0.25, 0.3) is 0 Å². The molecule has 1 unspecified atom stereocenters. The van der Waals surface area contributed by atoms with Crippen LogP contribution in [0.2, 0.25) is 5.02 Å². The fourth-order valence-electron chi connectivity index (χ4n) is 2.15. The van der Waals surface area contributed by atoms with Crippen LogP contribution in [0.3, 0.4) is 0 Å². The van der Waals surface area contributed by atoms with Crippen LogP contribution in [-0.4, -0.2) is 35.8 Å². The van der Waals surface area contributed by atoms with Gasteiger partial charge in [0.1, 0.15) is 17.2 Å². The van der Waals surface area contributed by atoms with Crippen LogP contribution in [-0.2, 0) is 4.74 Å². The summed E-state index contributed by atoms with van der Waals surface area (Å²) in [7, 11) is 1.74. The zero-order valence-electron chi connectivity index (χ0n) is 10.1. The molecule has 2 heterocycles. The Hall–Kier alpha value is -1.07. The monoisotopic (exact) mass is 256 g/mol. The van der Waals surface area contributed by atoms with E-state index in [-0.39, 0.29) is 5.60 Å². The molecule has 5 nitrogen and oxygen atoms in total. The molecular formula is C11H17ClN4O. The van der Waals surface area contributed by atoms with Crippen LogP contribution in [0.1, 0.15) is 19.8 Å². The van der Waals surface area contributed by atoms with Crippen molar-refractivity contribution in [2.45, 2.75) is 25.4 Å². The largest absolute Gasteiger partial charge is 0.382 e. The number of nitrogens with two attached hydrogens (primary N) is 1. The highest BCUT2D eigenvalue weighted by Gasteiger charge is 2.32. The van der Waals surface area contributed by atoms with E-state index in [4.69, 9.17) is 22.1 Å². The molecule has 1 aliphatic heterocycles. The summed E-state index contributed by atoms with van der Waals surface area (Å²) in [6, 6.07) is 0. The summed E-state index contributed by atoms with van der Waals surface area (Å²) in [6.45, 7) is 3.77. The van der Waals surface area contributed by atoms with E-state index in [1.807, 2.05) is 0 Å². The van der Waals surface area contributed by atoms with E-state index in [0.29, 0.717) is 16.7 Å². The Balaban J connectivity index is 2.25. The Morgan fingerprint density at radius 1 is 1.53 bits per heavy atom. The number of rotatable bonds is 2. The lowest BCUT2D eigenvalue weighted by Crippen LogP contribution is -2.47. The van der Waals surface area contributed by atoms with Gasteiger partial charge in [-0.15, -0.1) is 0 Å². The number of ether oxygens (including phenoxy) is 1. The molecule has 1 atom stereocenters. The molecular weight excluding hydrogens is 240 g/mol. The van der Waals surface area contributed by atoms with Gasteiger partial charge in [0.2, 0.25) is 0 Å². The third-order valence-electron chi connectivity index (χ3n) is 3.25. The first-order valence-electron chi connectivity index (χ1n) is 5.62. The maximum atomic E-state index is 6.13. The van der Waals surface area contributed by atoms with Gasteiger partial charge in [-0.05, 0) is 19.8 Å². The van der Waals surface area contributed by atoms with E-state index < -0.39 is 0 Å². The van der Waals surface area contributed by atoms with Crippen LogP contribution >= 0.6 is 11.6 Å². The van der Waals surface area contributed by atoms with Crippen molar-refractivity contribution in [3.63, 3.8) is 0 Å². The van der Waals surface area contributed by atoms with Gasteiger partial charge in [0.15, 0.2) is 5.82 Å². The molecule has 6 heteroatoms. The second-order valence-corrected chi connectivity index (χ2v) is 4.95. The van der Waals surface area contributed by atoms with Crippen LogP contribution in [0.5, 0.6) is 0 Å². The third kappa shape index (κ3) is 2.45. The molecule has 17 heavy (non-hydrogen) atoms. The summed E-state index contributed by atoms with van der Waals surface area (Å²) < 4.78 is 5.54. The average Bonchev–Trinajstić information content (AvgIpc) is 2.33. The summed E-state index contributed by atoms with van der Waals surface area (Å²) in [4.78, 5) is 10.2. The lowest BCUT2D eigenvalue weighted by Gasteiger charge is -2.40. The van der Waals surface area contributed by atoms with Crippen molar-refractivity contribution in [1.82, 2.24) is 9.97 Å². The molecule has 2 N–H and O–H groups in total. The fourth-order valence-corrected chi connectivity index (χ4v) is 2.36. The molecule has 94 valence electrons. The molecule has 0 aromatic carbocycles. The van der Waals surface area contributed by atoms with Gasteiger partial charge in [-0.3, -0.25) is 0 Å². The van der Waals surface area contributed by atoms with Gasteiger partial charge < -0.3 is 15.4 Å². The summed E-state index contributed by atoms with van der Waals surface area (Å²) >= 11 is 6.13. The topological polar surface area (TPSA) is 64.3 Å². The summed E-state index contributed by atoms with van der Waals surface area (Å²) in [5.41, 5.74) is 5.53. The molecule has 0 radical (unpaired) electrons.